The van der Waals surface area contributed by atoms with Crippen molar-refractivity contribution in [3.05, 3.63) is 28.3 Å². The summed E-state index contributed by atoms with van der Waals surface area (Å²) < 4.78 is 5.81. The number of piperazine rings is 1. The molecule has 138 valence electrons. The largest absolute Gasteiger partial charge is 0.483 e. The Labute approximate surface area is 154 Å². The lowest BCUT2D eigenvalue weighted by Gasteiger charge is -2.34. The van der Waals surface area contributed by atoms with E-state index in [-0.39, 0.29) is 24.3 Å². The van der Waals surface area contributed by atoms with E-state index in [1.54, 1.807) is 4.90 Å². The average molecular weight is 367 g/mol. The molecule has 1 saturated heterocycles. The van der Waals surface area contributed by atoms with Crippen LogP contribution in [0.1, 0.15) is 44.2 Å². The van der Waals surface area contributed by atoms with Crippen molar-refractivity contribution < 1.29 is 14.3 Å². The number of carbonyl (C=O) groups is 2. The predicted octanol–water partition coefficient (Wildman–Crippen LogP) is 3.23. The lowest BCUT2D eigenvalue weighted by atomic mass is 10.0. The smallest absolute Gasteiger partial charge is 0.260 e. The standard InChI is InChI=1S/C19H27ClN2O3/c1-5-18(23)21-6-8-22(9-7-21)19(24)12-25-17-10-14(4)16(20)11-15(17)13(2)3/h10-11,13H,5-9,12H2,1-4H3. The molecule has 25 heavy (non-hydrogen) atoms. The molecule has 6 heteroatoms. The highest BCUT2D eigenvalue weighted by Crippen LogP contribution is 2.32. The predicted molar refractivity (Wildman–Crippen MR) is 99.2 cm³/mol. The minimum atomic E-state index is -0.0501. The average Bonchev–Trinajstić information content (AvgIpc) is 2.61. The molecular weight excluding hydrogens is 340 g/mol. The van der Waals surface area contributed by atoms with Crippen molar-refractivity contribution in [1.29, 1.82) is 0 Å². The van der Waals surface area contributed by atoms with E-state index in [9.17, 15) is 9.59 Å². The normalized spacial score (nSPS) is 14.8. The van der Waals surface area contributed by atoms with Crippen LogP contribution in [-0.2, 0) is 9.59 Å². The lowest BCUT2D eigenvalue weighted by molar-refractivity contribution is -0.140. The van der Waals surface area contributed by atoms with Crippen LogP contribution < -0.4 is 4.74 Å². The molecule has 0 atom stereocenters. The molecule has 0 radical (unpaired) electrons. The molecular formula is C19H27ClN2O3. The number of ether oxygens (including phenoxy) is 1. The minimum Gasteiger partial charge on any atom is -0.483 e. The van der Waals surface area contributed by atoms with Crippen LogP contribution in [0.3, 0.4) is 0 Å². The number of halogens is 1. The van der Waals surface area contributed by atoms with E-state index >= 15 is 0 Å². The van der Waals surface area contributed by atoms with E-state index in [2.05, 4.69) is 13.8 Å². The summed E-state index contributed by atoms with van der Waals surface area (Å²) in [5.74, 6) is 1.06. The van der Waals surface area contributed by atoms with Crippen molar-refractivity contribution in [2.75, 3.05) is 32.8 Å². The van der Waals surface area contributed by atoms with E-state index in [0.29, 0.717) is 43.4 Å². The summed E-state index contributed by atoms with van der Waals surface area (Å²) in [7, 11) is 0. The molecule has 1 fully saturated rings. The van der Waals surface area contributed by atoms with Crippen molar-refractivity contribution in [3.63, 3.8) is 0 Å². The van der Waals surface area contributed by atoms with E-state index in [1.807, 2.05) is 30.9 Å². The highest BCUT2D eigenvalue weighted by molar-refractivity contribution is 6.31. The summed E-state index contributed by atoms with van der Waals surface area (Å²) >= 11 is 6.20. The van der Waals surface area contributed by atoms with Crippen LogP contribution in [-0.4, -0.2) is 54.4 Å². The second kappa shape index (κ2) is 8.56. The van der Waals surface area contributed by atoms with Gasteiger partial charge in [0.1, 0.15) is 5.75 Å². The van der Waals surface area contributed by atoms with Crippen LogP contribution >= 0.6 is 11.6 Å². The monoisotopic (exact) mass is 366 g/mol. The number of hydrogen-bond donors (Lipinski definition) is 0. The number of carbonyl (C=O) groups excluding carboxylic acids is 2. The summed E-state index contributed by atoms with van der Waals surface area (Å²) in [6.07, 6.45) is 0.505. The number of rotatable bonds is 5. The first kappa shape index (κ1) is 19.6. The summed E-state index contributed by atoms with van der Waals surface area (Å²) in [6.45, 7) is 10.2. The molecule has 0 unspecified atom stereocenters. The third-order valence-electron chi connectivity index (χ3n) is 4.55. The van der Waals surface area contributed by atoms with Gasteiger partial charge in [-0.05, 0) is 36.1 Å². The molecule has 2 amide bonds. The van der Waals surface area contributed by atoms with Gasteiger partial charge in [0.05, 0.1) is 0 Å². The van der Waals surface area contributed by atoms with E-state index in [1.165, 1.54) is 0 Å². The van der Waals surface area contributed by atoms with Gasteiger partial charge in [-0.1, -0.05) is 32.4 Å². The fraction of sp³-hybridized carbons (Fsp3) is 0.579. The maximum absolute atomic E-state index is 12.4. The molecule has 0 spiro atoms. The number of nitrogens with zero attached hydrogens (tertiary/aromatic N) is 2. The zero-order valence-corrected chi connectivity index (χ0v) is 16.2. The van der Waals surface area contributed by atoms with Gasteiger partial charge >= 0.3 is 0 Å². The van der Waals surface area contributed by atoms with Crippen LogP contribution in [0.5, 0.6) is 5.75 Å². The van der Waals surface area contributed by atoms with Gasteiger partial charge in [-0.15, -0.1) is 0 Å². The molecule has 0 aromatic heterocycles. The molecule has 1 aromatic rings. The number of amides is 2. The van der Waals surface area contributed by atoms with Crippen LogP contribution in [0.4, 0.5) is 0 Å². The van der Waals surface area contributed by atoms with Crippen molar-refractivity contribution in [2.45, 2.75) is 40.0 Å². The minimum absolute atomic E-state index is 0.00250. The molecule has 5 nitrogen and oxygen atoms in total. The third kappa shape index (κ3) is 4.88. The fourth-order valence-electron chi connectivity index (χ4n) is 2.91. The molecule has 0 aliphatic carbocycles. The second-order valence-corrected chi connectivity index (χ2v) is 7.10. The molecule has 1 heterocycles. The van der Waals surface area contributed by atoms with Gasteiger partial charge in [0.2, 0.25) is 5.91 Å². The van der Waals surface area contributed by atoms with E-state index in [4.69, 9.17) is 16.3 Å². The fourth-order valence-corrected chi connectivity index (χ4v) is 3.08. The Balaban J connectivity index is 1.95. The topological polar surface area (TPSA) is 49.9 Å². The Hall–Kier alpha value is -1.75. The Morgan fingerprint density at radius 3 is 2.20 bits per heavy atom. The number of aryl methyl sites for hydroxylation is 1. The highest BCUT2D eigenvalue weighted by Gasteiger charge is 2.23. The van der Waals surface area contributed by atoms with Gasteiger partial charge < -0.3 is 14.5 Å². The molecule has 0 N–H and O–H groups in total. The Bertz CT molecular complexity index is 638. The quantitative estimate of drug-likeness (QED) is 0.803. The van der Waals surface area contributed by atoms with Crippen LogP contribution in [0.25, 0.3) is 0 Å². The SMILES string of the molecule is CCC(=O)N1CCN(C(=O)COc2cc(C)c(Cl)cc2C(C)C)CC1. The lowest BCUT2D eigenvalue weighted by Crippen LogP contribution is -2.51. The second-order valence-electron chi connectivity index (χ2n) is 6.70. The molecule has 1 aliphatic heterocycles. The Morgan fingerprint density at radius 1 is 1.12 bits per heavy atom. The zero-order valence-electron chi connectivity index (χ0n) is 15.5. The van der Waals surface area contributed by atoms with Gasteiger partial charge in [-0.25, -0.2) is 0 Å². The first-order chi connectivity index (χ1) is 11.8. The number of benzene rings is 1. The van der Waals surface area contributed by atoms with Crippen LogP contribution in [0.15, 0.2) is 12.1 Å². The van der Waals surface area contributed by atoms with Crippen molar-refractivity contribution in [2.24, 2.45) is 0 Å². The van der Waals surface area contributed by atoms with Gasteiger partial charge in [0.25, 0.3) is 5.91 Å². The molecule has 2 rings (SSSR count). The highest BCUT2D eigenvalue weighted by atomic mass is 35.5. The maximum Gasteiger partial charge on any atom is 0.260 e. The molecule has 1 aliphatic rings. The van der Waals surface area contributed by atoms with Gasteiger partial charge in [0.15, 0.2) is 6.61 Å². The maximum atomic E-state index is 12.4. The molecule has 0 bridgehead atoms. The van der Waals surface area contributed by atoms with Crippen molar-refractivity contribution in [3.8, 4) is 5.75 Å². The Kier molecular flexibility index (Phi) is 6.71. The van der Waals surface area contributed by atoms with Crippen LogP contribution in [0.2, 0.25) is 5.02 Å². The zero-order chi connectivity index (χ0) is 18.6. The van der Waals surface area contributed by atoms with Crippen molar-refractivity contribution >= 4 is 23.4 Å². The summed E-state index contributed by atoms with van der Waals surface area (Å²) in [6, 6.07) is 3.80. The first-order valence-electron chi connectivity index (χ1n) is 8.81. The van der Waals surface area contributed by atoms with E-state index in [0.717, 1.165) is 11.1 Å². The van der Waals surface area contributed by atoms with Gasteiger partial charge in [-0.3, -0.25) is 9.59 Å². The Morgan fingerprint density at radius 2 is 1.68 bits per heavy atom. The summed E-state index contributed by atoms with van der Waals surface area (Å²) in [4.78, 5) is 27.7. The first-order valence-corrected chi connectivity index (χ1v) is 9.19. The summed E-state index contributed by atoms with van der Waals surface area (Å²) in [5, 5.41) is 0.707. The van der Waals surface area contributed by atoms with Gasteiger partial charge in [0, 0.05) is 37.6 Å². The number of hydrogen-bond acceptors (Lipinski definition) is 3. The van der Waals surface area contributed by atoms with Crippen molar-refractivity contribution in [1.82, 2.24) is 9.80 Å². The van der Waals surface area contributed by atoms with Crippen LogP contribution in [0, 0.1) is 6.92 Å². The third-order valence-corrected chi connectivity index (χ3v) is 4.96. The van der Waals surface area contributed by atoms with Gasteiger partial charge in [-0.2, -0.15) is 0 Å². The summed E-state index contributed by atoms with van der Waals surface area (Å²) in [5.41, 5.74) is 1.93. The molecule has 1 aromatic carbocycles. The molecule has 0 saturated carbocycles. The van der Waals surface area contributed by atoms with E-state index < -0.39 is 0 Å².